The molecule has 1 unspecified atom stereocenters. The number of amides is 2. The van der Waals surface area contributed by atoms with E-state index >= 15 is 0 Å². The summed E-state index contributed by atoms with van der Waals surface area (Å²) in [6.45, 7) is 4.14. The Kier molecular flexibility index (Phi) is 7.47. The van der Waals surface area contributed by atoms with E-state index in [0.717, 1.165) is 22.9 Å². The van der Waals surface area contributed by atoms with Gasteiger partial charge in [0.2, 0.25) is 5.91 Å². The number of benzene rings is 2. The lowest BCUT2D eigenvalue weighted by molar-refractivity contribution is -0.120. The summed E-state index contributed by atoms with van der Waals surface area (Å²) in [6, 6.07) is 20.3. The van der Waals surface area contributed by atoms with Crippen molar-refractivity contribution < 1.29 is 9.59 Å². The summed E-state index contributed by atoms with van der Waals surface area (Å²) in [6.07, 6.45) is 0. The number of pyridine rings is 1. The van der Waals surface area contributed by atoms with Gasteiger partial charge in [-0.25, -0.2) is 4.98 Å². The third-order valence-corrected chi connectivity index (χ3v) is 5.76. The van der Waals surface area contributed by atoms with E-state index < -0.39 is 11.2 Å². The van der Waals surface area contributed by atoms with Gasteiger partial charge in [0.15, 0.2) is 0 Å². The molecule has 2 amide bonds. The lowest BCUT2D eigenvalue weighted by Crippen LogP contribution is -2.30. The lowest BCUT2D eigenvalue weighted by Gasteiger charge is -2.14. The number of aromatic nitrogens is 1. The molecule has 2 aromatic carbocycles. The lowest BCUT2D eigenvalue weighted by atomic mass is 10.1. The molecule has 0 spiro atoms. The van der Waals surface area contributed by atoms with Gasteiger partial charge in [-0.15, -0.1) is 0 Å². The van der Waals surface area contributed by atoms with Gasteiger partial charge in [-0.3, -0.25) is 9.59 Å². The predicted molar refractivity (Wildman–Crippen MR) is 126 cm³/mol. The quantitative estimate of drug-likeness (QED) is 0.475. The van der Waals surface area contributed by atoms with Crippen molar-refractivity contribution >= 4 is 35.1 Å². The number of nitrogens with zero attached hydrogens (tertiary/aromatic N) is 2. The molecule has 1 aromatic heterocycles. The van der Waals surface area contributed by atoms with E-state index in [1.807, 2.05) is 43.3 Å². The Morgan fingerprint density at radius 3 is 2.50 bits per heavy atom. The molecule has 0 aliphatic rings. The van der Waals surface area contributed by atoms with Crippen LogP contribution in [0.2, 0.25) is 0 Å². The van der Waals surface area contributed by atoms with Crippen LogP contribution in [0, 0.1) is 18.3 Å². The van der Waals surface area contributed by atoms with Crippen LogP contribution >= 0.6 is 11.8 Å². The molecule has 1 atom stereocenters. The van der Waals surface area contributed by atoms with Crippen molar-refractivity contribution in [3.05, 3.63) is 82.9 Å². The Morgan fingerprint density at radius 2 is 1.84 bits per heavy atom. The molecule has 7 nitrogen and oxygen atoms in total. The number of para-hydroxylation sites is 1. The number of rotatable bonds is 7. The van der Waals surface area contributed by atoms with Gasteiger partial charge in [0.1, 0.15) is 16.9 Å². The maximum Gasteiger partial charge on any atom is 0.259 e. The summed E-state index contributed by atoms with van der Waals surface area (Å²) in [5.74, 6) is -0.656. The summed E-state index contributed by atoms with van der Waals surface area (Å²) >= 11 is 1.12. The van der Waals surface area contributed by atoms with E-state index in [0.29, 0.717) is 17.3 Å². The van der Waals surface area contributed by atoms with Crippen LogP contribution in [0.5, 0.6) is 0 Å². The highest BCUT2D eigenvalue weighted by Crippen LogP contribution is 2.28. The molecule has 0 aliphatic carbocycles. The summed E-state index contributed by atoms with van der Waals surface area (Å²) in [5.41, 5.74) is 9.04. The van der Waals surface area contributed by atoms with Crippen LogP contribution in [0.15, 0.2) is 65.7 Å². The number of nitrogens with one attached hydrogen (secondary N) is 2. The number of hydrogen-bond donors (Lipinski definition) is 3. The second-order valence-corrected chi connectivity index (χ2v) is 8.50. The minimum absolute atomic E-state index is 0.00723. The topological polar surface area (TPSA) is 121 Å². The number of aryl methyl sites for hydroxylation is 1. The third kappa shape index (κ3) is 5.86. The minimum atomic E-state index is -0.511. The number of anilines is 2. The van der Waals surface area contributed by atoms with Crippen molar-refractivity contribution in [3.63, 3.8) is 0 Å². The number of carbonyl (C=O) groups is 2. The number of carbonyl (C=O) groups excluding carboxylic acids is 2. The first-order valence-electron chi connectivity index (χ1n) is 9.94. The van der Waals surface area contributed by atoms with E-state index in [-0.39, 0.29) is 22.9 Å². The largest absolute Gasteiger partial charge is 0.383 e. The monoisotopic (exact) mass is 445 g/mol. The maximum absolute atomic E-state index is 12.6. The van der Waals surface area contributed by atoms with Gasteiger partial charge in [-0.05, 0) is 37.6 Å². The Bertz CT molecular complexity index is 1160. The van der Waals surface area contributed by atoms with Crippen molar-refractivity contribution in [2.75, 3.05) is 11.1 Å². The van der Waals surface area contributed by atoms with Crippen molar-refractivity contribution in [2.24, 2.45) is 0 Å². The Hall–Kier alpha value is -3.83. The fourth-order valence-electron chi connectivity index (χ4n) is 2.84. The molecule has 0 aliphatic heterocycles. The van der Waals surface area contributed by atoms with Crippen molar-refractivity contribution in [1.29, 1.82) is 5.26 Å². The van der Waals surface area contributed by atoms with Crippen LogP contribution in [0.25, 0.3) is 0 Å². The molecule has 162 valence electrons. The van der Waals surface area contributed by atoms with Crippen molar-refractivity contribution in [1.82, 2.24) is 10.3 Å². The summed E-state index contributed by atoms with van der Waals surface area (Å²) in [7, 11) is 0. The van der Waals surface area contributed by atoms with Gasteiger partial charge < -0.3 is 16.4 Å². The first-order chi connectivity index (χ1) is 15.4. The highest BCUT2D eigenvalue weighted by atomic mass is 32.2. The second kappa shape index (κ2) is 10.5. The maximum atomic E-state index is 12.6. The molecule has 0 saturated carbocycles. The van der Waals surface area contributed by atoms with E-state index in [1.54, 1.807) is 31.2 Å². The second-order valence-electron chi connectivity index (χ2n) is 7.17. The molecular weight excluding hydrogens is 422 g/mol. The van der Waals surface area contributed by atoms with Crippen LogP contribution in [0.1, 0.15) is 34.0 Å². The molecule has 3 rings (SSSR count). The molecule has 0 radical (unpaired) electrons. The SMILES string of the molecule is Cc1ccc(CNC(=O)C(C)Sc2nc(N)c(C(=O)Nc3ccccc3)cc2C#N)cc1. The van der Waals surface area contributed by atoms with E-state index in [1.165, 1.54) is 6.07 Å². The number of hydrogen-bond acceptors (Lipinski definition) is 6. The van der Waals surface area contributed by atoms with Crippen LogP contribution in [0.3, 0.4) is 0 Å². The van der Waals surface area contributed by atoms with Gasteiger partial charge in [0.25, 0.3) is 5.91 Å². The van der Waals surface area contributed by atoms with Crippen LogP contribution in [0.4, 0.5) is 11.5 Å². The first kappa shape index (κ1) is 22.8. The number of thioether (sulfide) groups is 1. The predicted octanol–water partition coefficient (Wildman–Crippen LogP) is 3.89. The highest BCUT2D eigenvalue weighted by Gasteiger charge is 2.21. The summed E-state index contributed by atoms with van der Waals surface area (Å²) < 4.78 is 0. The van der Waals surface area contributed by atoms with Gasteiger partial charge in [-0.2, -0.15) is 5.26 Å². The molecule has 3 aromatic rings. The van der Waals surface area contributed by atoms with Crippen LogP contribution < -0.4 is 16.4 Å². The standard InChI is InChI=1S/C24H23N5O2S/c1-15-8-10-17(11-9-15)14-27-22(30)16(2)32-24-18(13-25)12-20(21(26)29-24)23(31)28-19-6-4-3-5-7-19/h3-12,16H,14H2,1-2H3,(H2,26,29)(H,27,30)(H,28,31). The minimum Gasteiger partial charge on any atom is -0.383 e. The number of nitriles is 1. The zero-order chi connectivity index (χ0) is 23.1. The molecule has 1 heterocycles. The van der Waals surface area contributed by atoms with Crippen LogP contribution in [-0.2, 0) is 11.3 Å². The van der Waals surface area contributed by atoms with Crippen molar-refractivity contribution in [3.8, 4) is 6.07 Å². The molecule has 32 heavy (non-hydrogen) atoms. The van der Waals surface area contributed by atoms with Gasteiger partial charge in [0, 0.05) is 12.2 Å². The van der Waals surface area contributed by atoms with Gasteiger partial charge >= 0.3 is 0 Å². The Morgan fingerprint density at radius 1 is 1.16 bits per heavy atom. The van der Waals surface area contributed by atoms with E-state index in [2.05, 4.69) is 15.6 Å². The average Bonchev–Trinajstić information content (AvgIpc) is 2.79. The summed E-state index contributed by atoms with van der Waals surface area (Å²) in [4.78, 5) is 29.3. The third-order valence-electron chi connectivity index (χ3n) is 4.66. The zero-order valence-electron chi connectivity index (χ0n) is 17.8. The molecule has 0 bridgehead atoms. The van der Waals surface area contributed by atoms with Gasteiger partial charge in [0.05, 0.1) is 16.4 Å². The first-order valence-corrected chi connectivity index (χ1v) is 10.8. The normalized spacial score (nSPS) is 11.3. The summed E-state index contributed by atoms with van der Waals surface area (Å²) in [5, 5.41) is 15.0. The molecule has 0 saturated heterocycles. The fraction of sp³-hybridized carbons (Fsp3) is 0.167. The average molecular weight is 446 g/mol. The van der Waals surface area contributed by atoms with Gasteiger partial charge in [-0.1, -0.05) is 59.8 Å². The van der Waals surface area contributed by atoms with E-state index in [4.69, 9.17) is 5.73 Å². The Labute approximate surface area is 191 Å². The molecule has 8 heteroatoms. The Balaban J connectivity index is 1.68. The molecule has 4 N–H and O–H groups in total. The van der Waals surface area contributed by atoms with Crippen LogP contribution in [-0.4, -0.2) is 22.0 Å². The number of nitrogen functional groups attached to an aromatic ring is 1. The fourth-order valence-corrected chi connectivity index (χ4v) is 3.75. The smallest absolute Gasteiger partial charge is 0.259 e. The molecule has 0 fully saturated rings. The number of nitrogens with two attached hydrogens (primary N) is 1. The molecular formula is C24H23N5O2S. The highest BCUT2D eigenvalue weighted by molar-refractivity contribution is 8.00. The zero-order valence-corrected chi connectivity index (χ0v) is 18.6. The van der Waals surface area contributed by atoms with Crippen molar-refractivity contribution in [2.45, 2.75) is 30.7 Å². The van der Waals surface area contributed by atoms with E-state index in [9.17, 15) is 14.9 Å².